The third-order valence-electron chi connectivity index (χ3n) is 3.33. The van der Waals surface area contributed by atoms with Crippen molar-refractivity contribution in [1.82, 2.24) is 0 Å². The van der Waals surface area contributed by atoms with Crippen LogP contribution in [-0.4, -0.2) is 6.04 Å². The van der Waals surface area contributed by atoms with Gasteiger partial charge in [0.1, 0.15) is 0 Å². The predicted molar refractivity (Wildman–Crippen MR) is 99.4 cm³/mol. The van der Waals surface area contributed by atoms with Crippen molar-refractivity contribution < 1.29 is 0 Å². The molecule has 0 spiro atoms. The summed E-state index contributed by atoms with van der Waals surface area (Å²) in [5, 5.41) is 2.41. The first-order valence-electron chi connectivity index (χ1n) is 7.04. The van der Waals surface area contributed by atoms with E-state index in [4.69, 9.17) is 5.73 Å². The molecule has 0 saturated carbocycles. The van der Waals surface area contributed by atoms with Crippen LogP contribution in [0.2, 0.25) is 0 Å². The largest absolute Gasteiger partial charge is 0.327 e. The molecule has 0 aliphatic heterocycles. The second kappa shape index (κ2) is 6.86. The Labute approximate surface area is 144 Å². The molecule has 2 unspecified atom stereocenters. The summed E-state index contributed by atoms with van der Waals surface area (Å²) in [5.41, 5.74) is 7.76. The first kappa shape index (κ1) is 17.1. The third kappa shape index (κ3) is 4.59. The molecule has 2 atom stereocenters. The third-order valence-corrected chi connectivity index (χ3v) is 6.74. The number of benzene rings is 1. The van der Waals surface area contributed by atoms with E-state index in [-0.39, 0.29) is 11.5 Å². The molecule has 0 amide bonds. The molecule has 0 aliphatic carbocycles. The zero-order valence-electron chi connectivity index (χ0n) is 12.9. The van der Waals surface area contributed by atoms with Gasteiger partial charge in [-0.05, 0) is 52.0 Å². The van der Waals surface area contributed by atoms with Crippen LogP contribution in [0.5, 0.6) is 0 Å². The van der Waals surface area contributed by atoms with Gasteiger partial charge in [-0.3, -0.25) is 0 Å². The molecule has 0 saturated heterocycles. The van der Waals surface area contributed by atoms with Gasteiger partial charge >= 0.3 is 0 Å². The summed E-state index contributed by atoms with van der Waals surface area (Å²) in [4.78, 5) is 2.59. The van der Waals surface area contributed by atoms with Crippen molar-refractivity contribution in [2.45, 2.75) is 49.3 Å². The van der Waals surface area contributed by atoms with Crippen molar-refractivity contribution in [2.75, 3.05) is 0 Å². The SMILES string of the molecule is CC(N)C(Sc1ccc(C(C)(C)C)cc1)c1cc(Br)cs1. The Morgan fingerprint density at radius 2 is 1.81 bits per heavy atom. The Bertz CT molecular complexity index is 582. The molecule has 0 fully saturated rings. The van der Waals surface area contributed by atoms with E-state index in [1.54, 1.807) is 11.3 Å². The molecule has 2 rings (SSSR count). The number of nitrogens with two attached hydrogens (primary N) is 1. The normalized spacial score (nSPS) is 15.0. The molecule has 0 bridgehead atoms. The number of rotatable bonds is 4. The molecule has 114 valence electrons. The monoisotopic (exact) mass is 383 g/mol. The second-order valence-corrected chi connectivity index (χ2v) is 9.41. The Balaban J connectivity index is 2.18. The predicted octanol–water partition coefficient (Wildman–Crippen LogP) is 5.99. The highest BCUT2D eigenvalue weighted by molar-refractivity contribution is 9.10. The van der Waals surface area contributed by atoms with Crippen LogP contribution >= 0.6 is 39.0 Å². The van der Waals surface area contributed by atoms with Gasteiger partial charge in [0, 0.05) is 25.7 Å². The van der Waals surface area contributed by atoms with Crippen molar-refractivity contribution in [3.63, 3.8) is 0 Å². The standard InChI is InChI=1S/C17H22BrNS2/c1-11(19)16(15-9-13(18)10-20-15)21-14-7-5-12(6-8-14)17(2,3)4/h5-11,16H,19H2,1-4H3. The highest BCUT2D eigenvalue weighted by Gasteiger charge is 2.20. The quantitative estimate of drug-likeness (QED) is 0.656. The van der Waals surface area contributed by atoms with Gasteiger partial charge in [-0.25, -0.2) is 0 Å². The lowest BCUT2D eigenvalue weighted by atomic mass is 9.87. The summed E-state index contributed by atoms with van der Waals surface area (Å²) in [6.07, 6.45) is 0. The Hall–Kier alpha value is -0.290. The van der Waals surface area contributed by atoms with Crippen molar-refractivity contribution in [3.8, 4) is 0 Å². The zero-order chi connectivity index (χ0) is 15.6. The topological polar surface area (TPSA) is 26.0 Å². The molecule has 1 aromatic heterocycles. The van der Waals surface area contributed by atoms with E-state index < -0.39 is 0 Å². The van der Waals surface area contributed by atoms with Crippen LogP contribution in [0.15, 0.2) is 45.1 Å². The minimum Gasteiger partial charge on any atom is -0.327 e. The lowest BCUT2D eigenvalue weighted by Gasteiger charge is -2.21. The van der Waals surface area contributed by atoms with Gasteiger partial charge < -0.3 is 5.73 Å². The molecular weight excluding hydrogens is 362 g/mol. The Morgan fingerprint density at radius 1 is 1.19 bits per heavy atom. The maximum absolute atomic E-state index is 6.20. The van der Waals surface area contributed by atoms with E-state index in [1.165, 1.54) is 15.3 Å². The van der Waals surface area contributed by atoms with Gasteiger partial charge in [0.2, 0.25) is 0 Å². The van der Waals surface area contributed by atoms with Crippen LogP contribution in [0.25, 0.3) is 0 Å². The van der Waals surface area contributed by atoms with Gasteiger partial charge in [-0.2, -0.15) is 0 Å². The van der Waals surface area contributed by atoms with Gasteiger partial charge in [-0.1, -0.05) is 32.9 Å². The van der Waals surface area contributed by atoms with Crippen LogP contribution in [-0.2, 0) is 5.41 Å². The number of thiophene rings is 1. The van der Waals surface area contributed by atoms with E-state index in [0.717, 1.165) is 4.47 Å². The van der Waals surface area contributed by atoms with Gasteiger partial charge in [0.15, 0.2) is 0 Å². The summed E-state index contributed by atoms with van der Waals surface area (Å²) < 4.78 is 1.14. The fourth-order valence-corrected chi connectivity index (χ4v) is 4.92. The number of hydrogen-bond acceptors (Lipinski definition) is 3. The molecular formula is C17H22BrNS2. The first-order valence-corrected chi connectivity index (χ1v) is 9.59. The zero-order valence-corrected chi connectivity index (χ0v) is 16.1. The lowest BCUT2D eigenvalue weighted by Crippen LogP contribution is -2.21. The van der Waals surface area contributed by atoms with E-state index in [1.807, 2.05) is 11.8 Å². The minimum absolute atomic E-state index is 0.114. The molecule has 2 N–H and O–H groups in total. The maximum Gasteiger partial charge on any atom is 0.0586 e. The van der Waals surface area contributed by atoms with Gasteiger partial charge in [0.05, 0.1) is 5.25 Å². The van der Waals surface area contributed by atoms with E-state index in [9.17, 15) is 0 Å². The highest BCUT2D eigenvalue weighted by atomic mass is 79.9. The highest BCUT2D eigenvalue weighted by Crippen LogP contribution is 2.41. The molecule has 1 heterocycles. The van der Waals surface area contributed by atoms with Crippen molar-refractivity contribution >= 4 is 39.0 Å². The fraction of sp³-hybridized carbons (Fsp3) is 0.412. The first-order chi connectivity index (χ1) is 9.77. The summed E-state index contributed by atoms with van der Waals surface area (Å²) >= 11 is 7.14. The van der Waals surface area contributed by atoms with Crippen LogP contribution in [0.1, 0.15) is 43.4 Å². The van der Waals surface area contributed by atoms with Gasteiger partial charge in [0.25, 0.3) is 0 Å². The van der Waals surface area contributed by atoms with Crippen molar-refractivity contribution in [2.24, 2.45) is 5.73 Å². The molecule has 4 heteroatoms. The maximum atomic E-state index is 6.20. The number of thioether (sulfide) groups is 1. The number of hydrogen-bond donors (Lipinski definition) is 1. The Kier molecular flexibility index (Phi) is 5.58. The summed E-state index contributed by atoms with van der Waals surface area (Å²) in [5.74, 6) is 0. The number of halogens is 1. The molecule has 21 heavy (non-hydrogen) atoms. The van der Waals surface area contributed by atoms with Crippen molar-refractivity contribution in [3.05, 3.63) is 50.6 Å². The molecule has 1 aromatic carbocycles. The molecule has 0 radical (unpaired) electrons. The van der Waals surface area contributed by atoms with E-state index >= 15 is 0 Å². The molecule has 1 nitrogen and oxygen atoms in total. The average molecular weight is 384 g/mol. The van der Waals surface area contributed by atoms with Crippen LogP contribution in [0.3, 0.4) is 0 Å². The Morgan fingerprint density at radius 3 is 2.24 bits per heavy atom. The van der Waals surface area contributed by atoms with Crippen molar-refractivity contribution in [1.29, 1.82) is 0 Å². The minimum atomic E-state index is 0.114. The molecule has 2 aromatic rings. The summed E-state index contributed by atoms with van der Waals surface area (Å²) in [6, 6.07) is 11.2. The summed E-state index contributed by atoms with van der Waals surface area (Å²) in [6.45, 7) is 8.80. The smallest absolute Gasteiger partial charge is 0.0586 e. The summed E-state index contributed by atoms with van der Waals surface area (Å²) in [7, 11) is 0. The molecule has 0 aliphatic rings. The average Bonchev–Trinajstić information content (AvgIpc) is 2.81. The van der Waals surface area contributed by atoms with E-state index in [0.29, 0.717) is 5.25 Å². The fourth-order valence-electron chi connectivity index (χ4n) is 2.08. The van der Waals surface area contributed by atoms with Crippen LogP contribution in [0, 0.1) is 0 Å². The van der Waals surface area contributed by atoms with E-state index in [2.05, 4.69) is 79.3 Å². The van der Waals surface area contributed by atoms with Crippen LogP contribution in [0.4, 0.5) is 0 Å². The second-order valence-electron chi connectivity index (χ2n) is 6.34. The van der Waals surface area contributed by atoms with Crippen LogP contribution < -0.4 is 5.73 Å². The van der Waals surface area contributed by atoms with Gasteiger partial charge in [-0.15, -0.1) is 23.1 Å². The lowest BCUT2D eigenvalue weighted by molar-refractivity contribution is 0.589.